The van der Waals surface area contributed by atoms with Gasteiger partial charge >= 0.3 is 6.03 Å². The Morgan fingerprint density at radius 2 is 1.71 bits per heavy atom. The summed E-state index contributed by atoms with van der Waals surface area (Å²) in [5, 5.41) is 20.8. The number of hydrogen-bond acceptors (Lipinski definition) is 5. The van der Waals surface area contributed by atoms with Gasteiger partial charge in [0.15, 0.2) is 0 Å². The molecular weight excluding hydrogens is 530 g/mol. The van der Waals surface area contributed by atoms with E-state index in [4.69, 9.17) is 0 Å². The van der Waals surface area contributed by atoms with E-state index in [-0.39, 0.29) is 36.0 Å². The number of nitrogens with one attached hydrogen (secondary N) is 3. The Balaban J connectivity index is 1.79. The average molecular weight is 586 g/mol. The molecule has 236 valence electrons. The zero-order valence-electron chi connectivity index (χ0n) is 26.7. The molecule has 4 N–H and O–H groups in total. The molecule has 2 aliphatic rings. The molecule has 0 radical (unpaired) electrons. The second kappa shape index (κ2) is 15.7. The van der Waals surface area contributed by atoms with Crippen molar-refractivity contribution in [3.05, 3.63) is 35.9 Å². The summed E-state index contributed by atoms with van der Waals surface area (Å²) in [5.74, 6) is 0.741. The van der Waals surface area contributed by atoms with Crippen LogP contribution in [-0.4, -0.2) is 89.2 Å². The number of carbonyl (C=O) groups is 3. The van der Waals surface area contributed by atoms with E-state index in [2.05, 4.69) is 20.9 Å². The first kappa shape index (κ1) is 33.8. The molecule has 1 heterocycles. The van der Waals surface area contributed by atoms with Crippen LogP contribution in [-0.2, 0) is 16.0 Å². The lowest BCUT2D eigenvalue weighted by Crippen LogP contribution is -2.61. The molecule has 42 heavy (non-hydrogen) atoms. The van der Waals surface area contributed by atoms with Gasteiger partial charge in [-0.1, -0.05) is 63.4 Å². The van der Waals surface area contributed by atoms with Crippen LogP contribution in [0.2, 0.25) is 0 Å². The van der Waals surface area contributed by atoms with Crippen molar-refractivity contribution in [2.45, 2.75) is 116 Å². The highest BCUT2D eigenvalue weighted by Gasteiger charge is 2.42. The number of likely N-dealkylation sites (tertiary alicyclic amines) is 1. The lowest BCUT2D eigenvalue weighted by atomic mass is 9.72. The molecule has 9 heteroatoms. The van der Waals surface area contributed by atoms with E-state index in [9.17, 15) is 19.5 Å². The van der Waals surface area contributed by atoms with E-state index in [1.165, 1.54) is 12.8 Å². The topological polar surface area (TPSA) is 114 Å². The highest BCUT2D eigenvalue weighted by molar-refractivity contribution is 5.87. The van der Waals surface area contributed by atoms with Crippen molar-refractivity contribution in [3.63, 3.8) is 0 Å². The standard InChI is InChI=1S/C33H55N5O4/c1-7-18-37(6)32(42)35-26(8-2)30(40)34-27(19-23-14-10-9-11-15-23)29(39)22-38-21-25-17-13-12-16-24(25)20-28(38)31(41)36-33(3,4)5/h9-11,14-15,24-29,39H,7-8,12-13,16-22H2,1-6H3,(H,34,40)(H,35,42)(H,36,41)/t24-,25?,26-,27?,28?,29+/m0/s1. The number of urea groups is 1. The minimum absolute atomic E-state index is 0.00678. The van der Waals surface area contributed by atoms with Gasteiger partial charge in [0.25, 0.3) is 0 Å². The fourth-order valence-electron chi connectivity index (χ4n) is 6.48. The molecule has 1 aliphatic heterocycles. The Morgan fingerprint density at radius 1 is 1.05 bits per heavy atom. The van der Waals surface area contributed by atoms with Crippen LogP contribution in [0.25, 0.3) is 0 Å². The van der Waals surface area contributed by atoms with E-state index >= 15 is 0 Å². The van der Waals surface area contributed by atoms with Gasteiger partial charge in [-0.3, -0.25) is 14.5 Å². The molecule has 1 aromatic carbocycles. The molecule has 4 amide bonds. The Labute approximate surface area is 253 Å². The maximum absolute atomic E-state index is 13.5. The highest BCUT2D eigenvalue weighted by Crippen LogP contribution is 2.39. The lowest BCUT2D eigenvalue weighted by Gasteiger charge is -2.47. The number of carbonyl (C=O) groups excluding carboxylic acids is 3. The SMILES string of the molecule is CCCN(C)C(=O)N[C@@H](CC)C(=O)NC(Cc1ccccc1)[C@H](O)CN1CC2CCCC[C@H]2CC1C(=O)NC(C)(C)C. The Bertz CT molecular complexity index is 1010. The van der Waals surface area contributed by atoms with E-state index in [0.29, 0.717) is 31.2 Å². The largest absolute Gasteiger partial charge is 0.390 e. The number of aliphatic hydroxyl groups excluding tert-OH is 1. The molecule has 1 saturated heterocycles. The monoisotopic (exact) mass is 585 g/mol. The maximum Gasteiger partial charge on any atom is 0.317 e. The van der Waals surface area contributed by atoms with Crippen molar-refractivity contribution < 1.29 is 19.5 Å². The van der Waals surface area contributed by atoms with Gasteiger partial charge in [0.1, 0.15) is 6.04 Å². The van der Waals surface area contributed by atoms with Crippen molar-refractivity contribution in [3.8, 4) is 0 Å². The first-order valence-electron chi connectivity index (χ1n) is 16.0. The Hall–Kier alpha value is -2.65. The van der Waals surface area contributed by atoms with Crippen molar-refractivity contribution in [2.24, 2.45) is 11.8 Å². The summed E-state index contributed by atoms with van der Waals surface area (Å²) in [6, 6.07) is 7.89. The molecule has 9 nitrogen and oxygen atoms in total. The number of amides is 4. The van der Waals surface area contributed by atoms with E-state index in [1.807, 2.05) is 65.0 Å². The number of aliphatic hydroxyl groups is 1. The second-order valence-corrected chi connectivity index (χ2v) is 13.5. The molecule has 3 unspecified atom stereocenters. The summed E-state index contributed by atoms with van der Waals surface area (Å²) in [5.41, 5.74) is 0.647. The van der Waals surface area contributed by atoms with Gasteiger partial charge in [-0.2, -0.15) is 0 Å². The third-order valence-corrected chi connectivity index (χ3v) is 8.74. The van der Waals surface area contributed by atoms with Gasteiger partial charge in [0.05, 0.1) is 18.2 Å². The predicted molar refractivity (Wildman–Crippen MR) is 167 cm³/mol. The van der Waals surface area contributed by atoms with Crippen molar-refractivity contribution in [1.29, 1.82) is 0 Å². The van der Waals surface area contributed by atoms with Crippen molar-refractivity contribution >= 4 is 17.8 Å². The predicted octanol–water partition coefficient (Wildman–Crippen LogP) is 3.70. The zero-order chi connectivity index (χ0) is 30.9. The van der Waals surface area contributed by atoms with Crippen molar-refractivity contribution in [1.82, 2.24) is 25.8 Å². The molecule has 0 spiro atoms. The minimum atomic E-state index is -0.907. The van der Waals surface area contributed by atoms with Gasteiger partial charge < -0.3 is 26.0 Å². The third kappa shape index (κ3) is 9.97. The van der Waals surface area contributed by atoms with Gasteiger partial charge in [-0.25, -0.2) is 4.79 Å². The zero-order valence-corrected chi connectivity index (χ0v) is 26.7. The van der Waals surface area contributed by atoms with Crippen LogP contribution in [0.5, 0.6) is 0 Å². The summed E-state index contributed by atoms with van der Waals surface area (Å²) >= 11 is 0. The maximum atomic E-state index is 13.5. The molecule has 0 bridgehead atoms. The first-order valence-corrected chi connectivity index (χ1v) is 16.0. The fraction of sp³-hybridized carbons (Fsp3) is 0.727. The Morgan fingerprint density at radius 3 is 2.33 bits per heavy atom. The van der Waals surface area contributed by atoms with Crippen LogP contribution < -0.4 is 16.0 Å². The van der Waals surface area contributed by atoms with Crippen LogP contribution in [0.3, 0.4) is 0 Å². The van der Waals surface area contributed by atoms with Crippen LogP contribution in [0.4, 0.5) is 4.79 Å². The lowest BCUT2D eigenvalue weighted by molar-refractivity contribution is -0.133. The number of β-amino-alcohol motifs (C(OH)–C–C–N with tert-alkyl or cyclic N) is 1. The van der Waals surface area contributed by atoms with E-state index in [1.54, 1.807) is 11.9 Å². The molecule has 6 atom stereocenters. The van der Waals surface area contributed by atoms with Gasteiger partial charge in [-0.15, -0.1) is 0 Å². The number of rotatable bonds is 12. The van der Waals surface area contributed by atoms with Gasteiger partial charge in [0.2, 0.25) is 11.8 Å². The number of benzene rings is 1. The molecule has 1 aliphatic carbocycles. The molecule has 0 aromatic heterocycles. The molecular formula is C33H55N5O4. The van der Waals surface area contributed by atoms with E-state index < -0.39 is 18.2 Å². The summed E-state index contributed by atoms with van der Waals surface area (Å²) in [6.45, 7) is 11.5. The summed E-state index contributed by atoms with van der Waals surface area (Å²) < 4.78 is 0. The number of hydrogen-bond donors (Lipinski definition) is 4. The number of nitrogens with zero attached hydrogens (tertiary/aromatic N) is 2. The van der Waals surface area contributed by atoms with E-state index in [0.717, 1.165) is 37.8 Å². The fourth-order valence-corrected chi connectivity index (χ4v) is 6.48. The van der Waals surface area contributed by atoms with Gasteiger partial charge in [-0.05, 0) is 70.3 Å². The van der Waals surface area contributed by atoms with Crippen LogP contribution >= 0.6 is 0 Å². The van der Waals surface area contributed by atoms with Crippen molar-refractivity contribution in [2.75, 3.05) is 26.7 Å². The molecule has 2 fully saturated rings. The second-order valence-electron chi connectivity index (χ2n) is 13.5. The quantitative estimate of drug-likeness (QED) is 0.299. The molecule has 1 saturated carbocycles. The summed E-state index contributed by atoms with van der Waals surface area (Å²) in [4.78, 5) is 43.3. The molecule has 3 rings (SSSR count). The summed E-state index contributed by atoms with van der Waals surface area (Å²) in [7, 11) is 1.72. The minimum Gasteiger partial charge on any atom is -0.390 e. The van der Waals surface area contributed by atoms with Gasteiger partial charge in [0, 0.05) is 32.2 Å². The highest BCUT2D eigenvalue weighted by atomic mass is 16.3. The van der Waals surface area contributed by atoms with Crippen LogP contribution in [0.15, 0.2) is 30.3 Å². The smallest absolute Gasteiger partial charge is 0.317 e. The summed E-state index contributed by atoms with van der Waals surface area (Å²) in [6.07, 6.45) is 6.31. The normalized spacial score (nSPS) is 23.2. The van der Waals surface area contributed by atoms with Crippen LogP contribution in [0.1, 0.15) is 85.1 Å². The first-order chi connectivity index (χ1) is 19.9. The third-order valence-electron chi connectivity index (χ3n) is 8.74. The average Bonchev–Trinajstić information content (AvgIpc) is 2.94. The number of piperidine rings is 1. The molecule has 1 aromatic rings. The number of fused-ring (bicyclic) bond motifs is 1. The Kier molecular flexibility index (Phi) is 12.7. The van der Waals surface area contributed by atoms with Crippen LogP contribution in [0, 0.1) is 11.8 Å².